The first-order chi connectivity index (χ1) is 3.72. The number of Topliss-reactive ketones (excluding diaryl/α,β-unsaturated/α-hetero) is 1. The molecule has 50 valence electrons. The molecule has 0 spiro atoms. The third-order valence-corrected chi connectivity index (χ3v) is 0.734. The van der Waals surface area contributed by atoms with Gasteiger partial charge in [-0.2, -0.15) is 0 Å². The number of rotatable bonds is 2. The molecule has 0 rings (SSSR count). The Bertz CT molecular complexity index is 104. The molecule has 0 aromatic heterocycles. The fourth-order valence-electron chi connectivity index (χ4n) is 0.258. The van der Waals surface area contributed by atoms with Gasteiger partial charge in [0.1, 0.15) is 0 Å². The van der Waals surface area contributed by atoms with Gasteiger partial charge in [0.15, 0.2) is 0 Å². The molecule has 0 aromatic carbocycles. The van der Waals surface area contributed by atoms with Gasteiger partial charge in [-0.15, -0.1) is 0 Å². The van der Waals surface area contributed by atoms with E-state index in [0.717, 1.165) is 0 Å². The zero-order valence-electron chi connectivity index (χ0n) is 7.64. The molecule has 0 amide bonds. The quantitative estimate of drug-likeness (QED) is 0.322. The summed E-state index contributed by atoms with van der Waals surface area (Å²) in [6.45, 7) is 1.61. The molecule has 0 aromatic rings. The van der Waals surface area contributed by atoms with Gasteiger partial charge in [0.25, 0.3) is 0 Å². The predicted octanol–water partition coefficient (Wildman–Crippen LogP) is -0.0173. The molecule has 0 N–H and O–H groups in total. The second-order valence-electron chi connectivity index (χ2n) is 1.27. The first-order valence-corrected chi connectivity index (χ1v) is 2.33. The summed E-state index contributed by atoms with van der Waals surface area (Å²) in [4.78, 5) is 20.4. The van der Waals surface area contributed by atoms with Crippen molar-refractivity contribution < 1.29 is 17.2 Å². The van der Waals surface area contributed by atoms with E-state index in [4.69, 9.17) is 0 Å². The molecule has 0 unspecified atom stereocenters. The molecule has 0 bridgehead atoms. The number of hydrogen-bond donors (Lipinski definition) is 0. The van der Waals surface area contributed by atoms with E-state index in [1.54, 1.807) is 6.92 Å². The summed E-state index contributed by atoms with van der Waals surface area (Å²) >= 11 is 0. The third kappa shape index (κ3) is 4.88. The average molecular weight is 158 g/mol. The van der Waals surface area contributed by atoms with Gasteiger partial charge in [-0.25, -0.2) is 4.79 Å². The normalized spacial score (nSPS) is 7.33. The van der Waals surface area contributed by atoms with Crippen LogP contribution in [-0.2, 0) is 14.3 Å². The van der Waals surface area contributed by atoms with E-state index in [0.29, 0.717) is 0 Å². The van der Waals surface area contributed by atoms with Crippen LogP contribution in [0.3, 0.4) is 0 Å². The molecule has 4 heteroatoms. The SMILES string of the molecule is CCC(=O)C(=O)OC.[Ca+2].[H-].[H-]. The van der Waals surface area contributed by atoms with E-state index in [-0.39, 0.29) is 47.0 Å². The molecule has 0 aliphatic carbocycles. The topological polar surface area (TPSA) is 43.4 Å². The minimum absolute atomic E-state index is 0. The van der Waals surface area contributed by atoms with Crippen molar-refractivity contribution in [3.63, 3.8) is 0 Å². The number of methoxy groups -OCH3 is 1. The largest absolute Gasteiger partial charge is 2.00 e. The van der Waals surface area contributed by atoms with Crippen LogP contribution in [0.2, 0.25) is 0 Å². The van der Waals surface area contributed by atoms with Gasteiger partial charge in [0.2, 0.25) is 5.78 Å². The summed E-state index contributed by atoms with van der Waals surface area (Å²) in [5.41, 5.74) is 0. The first-order valence-electron chi connectivity index (χ1n) is 2.33. The molecule has 3 nitrogen and oxygen atoms in total. The van der Waals surface area contributed by atoms with E-state index in [2.05, 4.69) is 4.74 Å². The summed E-state index contributed by atoms with van der Waals surface area (Å²) in [5, 5.41) is 0. The van der Waals surface area contributed by atoms with Gasteiger partial charge in [0, 0.05) is 6.42 Å². The van der Waals surface area contributed by atoms with Crippen LogP contribution >= 0.6 is 0 Å². The van der Waals surface area contributed by atoms with E-state index < -0.39 is 11.8 Å². The van der Waals surface area contributed by atoms with Crippen LogP contribution in [0.4, 0.5) is 0 Å². The van der Waals surface area contributed by atoms with Crippen LogP contribution in [0.15, 0.2) is 0 Å². The van der Waals surface area contributed by atoms with E-state index >= 15 is 0 Å². The van der Waals surface area contributed by atoms with Crippen molar-refractivity contribution >= 4 is 49.5 Å². The number of ether oxygens (including phenoxy) is 1. The van der Waals surface area contributed by atoms with Gasteiger partial charge >= 0.3 is 43.7 Å². The smallest absolute Gasteiger partial charge is 1.00 e. The molecule has 0 atom stereocenters. The Hall–Kier alpha value is 0.400. The number of carbonyl (C=O) groups excluding carboxylic acids is 2. The summed E-state index contributed by atoms with van der Waals surface area (Å²) in [7, 11) is 1.19. The predicted molar refractivity (Wildman–Crippen MR) is 35.3 cm³/mol. The Kier molecular flexibility index (Phi) is 8.77. The molecule has 0 aliphatic rings. The molecule has 0 saturated carbocycles. The van der Waals surface area contributed by atoms with E-state index in [1.807, 2.05) is 0 Å². The standard InChI is InChI=1S/C5H8O3.Ca.2H/c1-3-4(6)5(7)8-2;;;/h3H2,1-2H3;;;/q;+2;2*-1. The second-order valence-corrected chi connectivity index (χ2v) is 1.27. The van der Waals surface area contributed by atoms with Gasteiger partial charge in [-0.05, 0) is 0 Å². The first kappa shape index (κ1) is 12.1. The number of carbonyl (C=O) groups is 2. The summed E-state index contributed by atoms with van der Waals surface area (Å²) in [5.74, 6) is -1.24. The van der Waals surface area contributed by atoms with E-state index in [9.17, 15) is 9.59 Å². The molecular formula is C5H10CaO3. The minimum Gasteiger partial charge on any atom is -1.00 e. The third-order valence-electron chi connectivity index (χ3n) is 0.734. The summed E-state index contributed by atoms with van der Waals surface area (Å²) < 4.78 is 4.11. The Morgan fingerprint density at radius 3 is 2.11 bits per heavy atom. The van der Waals surface area contributed by atoms with Crippen LogP contribution in [0.1, 0.15) is 16.2 Å². The Labute approximate surface area is 86.7 Å². The molecule has 0 aliphatic heterocycles. The van der Waals surface area contributed by atoms with Gasteiger partial charge in [-0.1, -0.05) is 6.92 Å². The van der Waals surface area contributed by atoms with Crippen molar-refractivity contribution in [2.45, 2.75) is 13.3 Å². The maximum atomic E-state index is 10.3. The Morgan fingerprint density at radius 2 is 2.00 bits per heavy atom. The number of hydrogen-bond acceptors (Lipinski definition) is 3. The zero-order chi connectivity index (χ0) is 6.57. The van der Waals surface area contributed by atoms with Crippen LogP contribution < -0.4 is 0 Å². The fraction of sp³-hybridized carbons (Fsp3) is 0.600. The van der Waals surface area contributed by atoms with Crippen molar-refractivity contribution in [2.75, 3.05) is 7.11 Å². The van der Waals surface area contributed by atoms with Crippen LogP contribution in [-0.4, -0.2) is 56.6 Å². The molecule has 9 heavy (non-hydrogen) atoms. The van der Waals surface area contributed by atoms with Crippen molar-refractivity contribution in [3.8, 4) is 0 Å². The minimum atomic E-state index is -0.757. The van der Waals surface area contributed by atoms with Crippen molar-refractivity contribution in [2.24, 2.45) is 0 Å². The maximum absolute atomic E-state index is 10.3. The fourth-order valence-corrected chi connectivity index (χ4v) is 0.258. The summed E-state index contributed by atoms with van der Waals surface area (Å²) in [6, 6.07) is 0. The molecular weight excluding hydrogens is 148 g/mol. The average Bonchev–Trinajstić information content (AvgIpc) is 1.84. The number of esters is 1. The second kappa shape index (κ2) is 6.52. The van der Waals surface area contributed by atoms with Crippen LogP contribution in [0.25, 0.3) is 0 Å². The molecule has 0 heterocycles. The van der Waals surface area contributed by atoms with Crippen LogP contribution in [0.5, 0.6) is 0 Å². The molecule has 0 saturated heterocycles. The number of ketones is 1. The Balaban J connectivity index is -0.0000000817. The monoisotopic (exact) mass is 158 g/mol. The van der Waals surface area contributed by atoms with Crippen molar-refractivity contribution in [1.29, 1.82) is 0 Å². The maximum Gasteiger partial charge on any atom is 2.00 e. The zero-order valence-corrected chi connectivity index (χ0v) is 7.85. The molecule has 0 fully saturated rings. The van der Waals surface area contributed by atoms with Crippen molar-refractivity contribution in [3.05, 3.63) is 0 Å². The van der Waals surface area contributed by atoms with Crippen molar-refractivity contribution in [1.82, 2.24) is 0 Å². The van der Waals surface area contributed by atoms with Gasteiger partial charge in [-0.3, -0.25) is 4.79 Å². The summed E-state index contributed by atoms with van der Waals surface area (Å²) in [6.07, 6.45) is 0.215. The van der Waals surface area contributed by atoms with E-state index in [1.165, 1.54) is 7.11 Å². The van der Waals surface area contributed by atoms with Gasteiger partial charge < -0.3 is 7.59 Å². The van der Waals surface area contributed by atoms with Gasteiger partial charge in [0.05, 0.1) is 7.11 Å². The Morgan fingerprint density at radius 1 is 1.56 bits per heavy atom. The molecule has 0 radical (unpaired) electrons. The van der Waals surface area contributed by atoms with Crippen LogP contribution in [0, 0.1) is 0 Å².